The number of amides is 1. The van der Waals surface area contributed by atoms with Crippen LogP contribution < -0.4 is 10.6 Å². The summed E-state index contributed by atoms with van der Waals surface area (Å²) in [4.78, 5) is 11.9. The first-order valence-corrected chi connectivity index (χ1v) is 9.10. The summed E-state index contributed by atoms with van der Waals surface area (Å²) in [5.41, 5.74) is 1.05. The van der Waals surface area contributed by atoms with Crippen molar-refractivity contribution in [1.82, 2.24) is 30.2 Å². The van der Waals surface area contributed by atoms with Gasteiger partial charge in [0.2, 0.25) is 5.91 Å². The Balaban J connectivity index is 1.68. The minimum absolute atomic E-state index is 0.0432. The first-order chi connectivity index (χ1) is 11.5. The maximum atomic E-state index is 11.9. The fourth-order valence-electron chi connectivity index (χ4n) is 3.14. The third-order valence-electron chi connectivity index (χ3n) is 4.30. The van der Waals surface area contributed by atoms with E-state index in [1.165, 1.54) is 0 Å². The van der Waals surface area contributed by atoms with E-state index in [2.05, 4.69) is 50.6 Å². The third kappa shape index (κ3) is 4.05. The van der Waals surface area contributed by atoms with Crippen LogP contribution in [0.4, 0.5) is 0 Å². The Morgan fingerprint density at radius 3 is 2.83 bits per heavy atom. The fraction of sp³-hybridized carbons (Fsp3) is 0.562. The van der Waals surface area contributed by atoms with Gasteiger partial charge < -0.3 is 10.6 Å². The van der Waals surface area contributed by atoms with Gasteiger partial charge in [-0.15, -0.1) is 0 Å². The summed E-state index contributed by atoms with van der Waals surface area (Å²) in [6, 6.07) is 0.380. The minimum Gasteiger partial charge on any atom is -0.348 e. The zero-order chi connectivity index (χ0) is 17.1. The zero-order valence-electron chi connectivity index (χ0n) is 13.9. The van der Waals surface area contributed by atoms with Gasteiger partial charge in [-0.1, -0.05) is 0 Å². The number of rotatable bonds is 6. The van der Waals surface area contributed by atoms with Crippen molar-refractivity contribution in [2.24, 2.45) is 0 Å². The first kappa shape index (κ1) is 17.2. The molecular formula is C16H23BrN6O. The molecule has 1 saturated heterocycles. The number of hydrogen-bond acceptors (Lipinski definition) is 4. The molecule has 130 valence electrons. The number of nitrogens with zero attached hydrogens (tertiary/aromatic N) is 4. The molecule has 1 aliphatic heterocycles. The second-order valence-electron chi connectivity index (χ2n) is 6.27. The number of carbonyl (C=O) groups excluding carboxylic acids is 1. The molecular weight excluding hydrogens is 372 g/mol. The van der Waals surface area contributed by atoms with E-state index in [4.69, 9.17) is 0 Å². The highest BCUT2D eigenvalue weighted by molar-refractivity contribution is 9.10. The van der Waals surface area contributed by atoms with Gasteiger partial charge >= 0.3 is 0 Å². The second-order valence-corrected chi connectivity index (χ2v) is 7.18. The van der Waals surface area contributed by atoms with E-state index in [1.807, 2.05) is 28.0 Å². The van der Waals surface area contributed by atoms with Crippen molar-refractivity contribution >= 4 is 21.8 Å². The predicted molar refractivity (Wildman–Crippen MR) is 94.3 cm³/mol. The van der Waals surface area contributed by atoms with Gasteiger partial charge in [0.25, 0.3) is 0 Å². The molecule has 3 heterocycles. The van der Waals surface area contributed by atoms with Crippen molar-refractivity contribution in [3.05, 3.63) is 34.8 Å². The topological polar surface area (TPSA) is 76.8 Å². The van der Waals surface area contributed by atoms with Gasteiger partial charge in [0.15, 0.2) is 0 Å². The van der Waals surface area contributed by atoms with Gasteiger partial charge in [-0.2, -0.15) is 10.2 Å². The van der Waals surface area contributed by atoms with E-state index < -0.39 is 0 Å². The molecule has 0 radical (unpaired) electrons. The Morgan fingerprint density at radius 2 is 2.17 bits per heavy atom. The first-order valence-electron chi connectivity index (χ1n) is 8.31. The van der Waals surface area contributed by atoms with E-state index in [0.717, 1.165) is 29.5 Å². The van der Waals surface area contributed by atoms with Crippen LogP contribution in [0.1, 0.15) is 38.3 Å². The average Bonchev–Trinajstić information content (AvgIpc) is 3.18. The van der Waals surface area contributed by atoms with Gasteiger partial charge in [0.1, 0.15) is 0 Å². The molecule has 0 aliphatic carbocycles. The molecule has 0 bridgehead atoms. The van der Waals surface area contributed by atoms with Crippen LogP contribution in [0.15, 0.2) is 29.3 Å². The smallest absolute Gasteiger partial charge is 0.220 e. The van der Waals surface area contributed by atoms with Gasteiger partial charge in [-0.3, -0.25) is 14.2 Å². The van der Waals surface area contributed by atoms with Crippen molar-refractivity contribution in [2.75, 3.05) is 0 Å². The number of aryl methyl sites for hydroxylation is 1. The largest absolute Gasteiger partial charge is 0.348 e. The van der Waals surface area contributed by atoms with Gasteiger partial charge in [0.05, 0.1) is 29.5 Å². The Labute approximate surface area is 149 Å². The quantitative estimate of drug-likeness (QED) is 0.783. The normalized spacial score (nSPS) is 22.4. The lowest BCUT2D eigenvalue weighted by molar-refractivity contribution is -0.124. The Kier molecular flexibility index (Phi) is 5.35. The molecule has 3 rings (SSSR count). The van der Waals surface area contributed by atoms with Crippen molar-refractivity contribution < 1.29 is 4.79 Å². The van der Waals surface area contributed by atoms with Gasteiger partial charge in [-0.05, 0) is 36.2 Å². The highest BCUT2D eigenvalue weighted by atomic mass is 79.9. The summed E-state index contributed by atoms with van der Waals surface area (Å²) in [6.45, 7) is 5.79. The number of hydrogen-bond donors (Lipinski definition) is 2. The number of halogens is 1. The lowest BCUT2D eigenvalue weighted by Crippen LogP contribution is -2.51. The Bertz CT molecular complexity index is 696. The molecule has 0 aromatic carbocycles. The maximum absolute atomic E-state index is 11.9. The number of carbonyl (C=O) groups is 1. The molecule has 0 unspecified atom stereocenters. The SMILES string of the molecule is CCn1cc([C@@H]2NC(=O)CC[C@H]2N[C@@H](C)Cn2cc(Br)cn2)cn1. The summed E-state index contributed by atoms with van der Waals surface area (Å²) in [7, 11) is 0. The molecule has 24 heavy (non-hydrogen) atoms. The molecule has 1 amide bonds. The lowest BCUT2D eigenvalue weighted by atomic mass is 9.93. The molecule has 0 spiro atoms. The lowest BCUT2D eigenvalue weighted by Gasteiger charge is -2.34. The van der Waals surface area contributed by atoms with Gasteiger partial charge in [0, 0.05) is 43.0 Å². The van der Waals surface area contributed by atoms with Crippen molar-refractivity contribution in [2.45, 2.75) is 57.9 Å². The van der Waals surface area contributed by atoms with E-state index in [0.29, 0.717) is 6.42 Å². The summed E-state index contributed by atoms with van der Waals surface area (Å²) in [6.07, 6.45) is 8.99. The van der Waals surface area contributed by atoms with Crippen molar-refractivity contribution in [1.29, 1.82) is 0 Å². The van der Waals surface area contributed by atoms with Crippen LogP contribution in [0.25, 0.3) is 0 Å². The van der Waals surface area contributed by atoms with E-state index >= 15 is 0 Å². The summed E-state index contributed by atoms with van der Waals surface area (Å²) >= 11 is 3.42. The molecule has 1 aliphatic rings. The minimum atomic E-state index is -0.0432. The molecule has 0 saturated carbocycles. The monoisotopic (exact) mass is 394 g/mol. The van der Waals surface area contributed by atoms with Crippen molar-refractivity contribution in [3.63, 3.8) is 0 Å². The molecule has 1 fully saturated rings. The van der Waals surface area contributed by atoms with Crippen LogP contribution in [0.5, 0.6) is 0 Å². The molecule has 2 N–H and O–H groups in total. The number of aromatic nitrogens is 4. The Hall–Kier alpha value is -1.67. The molecule has 3 atom stereocenters. The standard InChI is InChI=1S/C16H23BrN6O/c1-3-22-9-12(6-18-22)16-14(4-5-15(24)21-16)20-11(2)8-23-10-13(17)7-19-23/h6-7,9-11,14,16,20H,3-5,8H2,1-2H3,(H,21,24)/t11-,14+,16-/m0/s1. The van der Waals surface area contributed by atoms with Crippen molar-refractivity contribution in [3.8, 4) is 0 Å². The van der Waals surface area contributed by atoms with Crippen LogP contribution in [-0.4, -0.2) is 37.6 Å². The Morgan fingerprint density at radius 1 is 1.38 bits per heavy atom. The highest BCUT2D eigenvalue weighted by Gasteiger charge is 2.31. The summed E-state index contributed by atoms with van der Waals surface area (Å²) in [5, 5.41) is 15.4. The molecule has 8 heteroatoms. The van der Waals surface area contributed by atoms with Crippen LogP contribution in [-0.2, 0) is 17.9 Å². The van der Waals surface area contributed by atoms with Gasteiger partial charge in [-0.25, -0.2) is 0 Å². The van der Waals surface area contributed by atoms with Crippen LogP contribution in [0.3, 0.4) is 0 Å². The average molecular weight is 395 g/mol. The summed E-state index contributed by atoms with van der Waals surface area (Å²) < 4.78 is 4.77. The number of piperidine rings is 1. The van der Waals surface area contributed by atoms with Crippen LogP contribution in [0.2, 0.25) is 0 Å². The van der Waals surface area contributed by atoms with E-state index in [1.54, 1.807) is 6.20 Å². The van der Waals surface area contributed by atoms with E-state index in [-0.39, 0.29) is 24.0 Å². The van der Waals surface area contributed by atoms with E-state index in [9.17, 15) is 4.79 Å². The maximum Gasteiger partial charge on any atom is 0.220 e. The zero-order valence-corrected chi connectivity index (χ0v) is 15.5. The molecule has 2 aromatic heterocycles. The molecule has 2 aromatic rings. The predicted octanol–water partition coefficient (Wildman–Crippen LogP) is 1.86. The number of nitrogens with one attached hydrogen (secondary N) is 2. The van der Waals surface area contributed by atoms with Crippen LogP contribution >= 0.6 is 15.9 Å². The molecule has 7 nitrogen and oxygen atoms in total. The highest BCUT2D eigenvalue weighted by Crippen LogP contribution is 2.24. The third-order valence-corrected chi connectivity index (χ3v) is 4.71. The second kappa shape index (κ2) is 7.48. The fourth-order valence-corrected chi connectivity index (χ4v) is 3.47. The van der Waals surface area contributed by atoms with Crippen LogP contribution in [0, 0.1) is 0 Å². The summed E-state index contributed by atoms with van der Waals surface area (Å²) in [5.74, 6) is 0.103.